The third kappa shape index (κ3) is 2.15. The van der Waals surface area contributed by atoms with E-state index in [2.05, 4.69) is 0 Å². The normalized spacial score (nSPS) is 10.1. The van der Waals surface area contributed by atoms with Crippen molar-refractivity contribution in [3.63, 3.8) is 0 Å². The van der Waals surface area contributed by atoms with Crippen molar-refractivity contribution in [1.29, 1.82) is 0 Å². The molecule has 2 aromatic rings. The average Bonchev–Trinajstić information content (AvgIpc) is 2.41. The number of para-hydroxylation sites is 1. The third-order valence-electron chi connectivity index (χ3n) is 2.72. The Kier molecular flexibility index (Phi) is 3.24. The van der Waals surface area contributed by atoms with E-state index in [1.54, 1.807) is 49.4 Å². The first-order valence-corrected chi connectivity index (χ1v) is 5.54. The molecule has 0 saturated carbocycles. The van der Waals surface area contributed by atoms with Crippen LogP contribution < -0.4 is 0 Å². The predicted molar refractivity (Wildman–Crippen MR) is 67.9 cm³/mol. The van der Waals surface area contributed by atoms with Gasteiger partial charge in [-0.15, -0.1) is 0 Å². The van der Waals surface area contributed by atoms with Gasteiger partial charge in [0, 0.05) is 5.56 Å². The summed E-state index contributed by atoms with van der Waals surface area (Å²) in [4.78, 5) is 24.0. The fraction of sp³-hybridized carbons (Fsp3) is 0.0667. The van der Waals surface area contributed by atoms with Gasteiger partial charge in [0.05, 0.1) is 5.56 Å². The zero-order valence-corrected chi connectivity index (χ0v) is 9.88. The van der Waals surface area contributed by atoms with Gasteiger partial charge in [-0.05, 0) is 18.6 Å². The Bertz CT molecular complexity index is 600. The maximum absolute atomic E-state index is 12.0. The van der Waals surface area contributed by atoms with Gasteiger partial charge in [0.1, 0.15) is 5.75 Å². The highest BCUT2D eigenvalue weighted by atomic mass is 16.3. The molecule has 0 spiro atoms. The highest BCUT2D eigenvalue weighted by Crippen LogP contribution is 2.22. The molecule has 0 aliphatic carbocycles. The van der Waals surface area contributed by atoms with E-state index in [1.165, 1.54) is 6.07 Å². The summed E-state index contributed by atoms with van der Waals surface area (Å²) in [6.45, 7) is 1.68. The van der Waals surface area contributed by atoms with Crippen molar-refractivity contribution in [2.75, 3.05) is 0 Å². The maximum atomic E-state index is 12.0. The Hall–Kier alpha value is -2.42. The van der Waals surface area contributed by atoms with Crippen LogP contribution in [0.3, 0.4) is 0 Å². The van der Waals surface area contributed by atoms with Crippen molar-refractivity contribution in [3.05, 3.63) is 65.2 Å². The van der Waals surface area contributed by atoms with Gasteiger partial charge in [-0.2, -0.15) is 0 Å². The quantitative estimate of drug-likeness (QED) is 0.663. The van der Waals surface area contributed by atoms with Gasteiger partial charge in [0.2, 0.25) is 11.6 Å². The number of aryl methyl sites for hydroxylation is 1. The van der Waals surface area contributed by atoms with Gasteiger partial charge >= 0.3 is 0 Å². The second-order valence-electron chi connectivity index (χ2n) is 4.00. The molecule has 0 saturated heterocycles. The van der Waals surface area contributed by atoms with Crippen molar-refractivity contribution in [2.24, 2.45) is 0 Å². The number of phenols is 1. The molecule has 2 rings (SSSR count). The molecule has 3 nitrogen and oxygen atoms in total. The Balaban J connectivity index is 2.38. The first-order chi connectivity index (χ1) is 8.61. The fourth-order valence-electron chi connectivity index (χ4n) is 1.69. The molecule has 0 aliphatic heterocycles. The van der Waals surface area contributed by atoms with Crippen LogP contribution in [0.1, 0.15) is 26.3 Å². The van der Waals surface area contributed by atoms with E-state index in [1.807, 2.05) is 0 Å². The molecule has 0 aliphatic rings. The smallest absolute Gasteiger partial charge is 0.237 e. The highest BCUT2D eigenvalue weighted by molar-refractivity contribution is 6.49. The fourth-order valence-corrected chi connectivity index (χ4v) is 1.69. The first-order valence-electron chi connectivity index (χ1n) is 5.54. The van der Waals surface area contributed by atoms with Crippen LogP contribution in [0.25, 0.3) is 0 Å². The van der Waals surface area contributed by atoms with Crippen LogP contribution in [0.5, 0.6) is 5.75 Å². The van der Waals surface area contributed by atoms with Gasteiger partial charge in [-0.25, -0.2) is 0 Å². The van der Waals surface area contributed by atoms with Crippen molar-refractivity contribution in [3.8, 4) is 5.75 Å². The second-order valence-corrected chi connectivity index (χ2v) is 4.00. The molecule has 90 valence electrons. The van der Waals surface area contributed by atoms with Crippen LogP contribution in [0.15, 0.2) is 48.5 Å². The van der Waals surface area contributed by atoms with Crippen molar-refractivity contribution in [2.45, 2.75) is 6.92 Å². The lowest BCUT2D eigenvalue weighted by Gasteiger charge is -2.05. The summed E-state index contributed by atoms with van der Waals surface area (Å²) in [7, 11) is 0. The molecule has 2 aromatic carbocycles. The summed E-state index contributed by atoms with van der Waals surface area (Å²) in [5.41, 5.74) is 0.939. The molecule has 18 heavy (non-hydrogen) atoms. The van der Waals surface area contributed by atoms with E-state index in [4.69, 9.17) is 0 Å². The lowest BCUT2D eigenvalue weighted by molar-refractivity contribution is 0.0815. The number of hydrogen-bond acceptors (Lipinski definition) is 3. The summed E-state index contributed by atoms with van der Waals surface area (Å²) in [6.07, 6.45) is 0. The number of aromatic hydroxyl groups is 1. The minimum Gasteiger partial charge on any atom is -0.507 e. The predicted octanol–water partition coefficient (Wildman–Crippen LogP) is 2.77. The molecule has 0 aromatic heterocycles. The highest BCUT2D eigenvalue weighted by Gasteiger charge is 2.21. The van der Waals surface area contributed by atoms with E-state index >= 15 is 0 Å². The first kappa shape index (κ1) is 12.0. The van der Waals surface area contributed by atoms with Gasteiger partial charge < -0.3 is 5.11 Å². The lowest BCUT2D eigenvalue weighted by atomic mass is 9.99. The summed E-state index contributed by atoms with van der Waals surface area (Å²) < 4.78 is 0. The molecule has 0 radical (unpaired) electrons. The van der Waals surface area contributed by atoms with Crippen molar-refractivity contribution in [1.82, 2.24) is 0 Å². The largest absolute Gasteiger partial charge is 0.507 e. The molecule has 0 bridgehead atoms. The number of hydrogen-bond donors (Lipinski definition) is 1. The molecule has 0 unspecified atom stereocenters. The topological polar surface area (TPSA) is 54.4 Å². The van der Waals surface area contributed by atoms with E-state index in [9.17, 15) is 14.7 Å². The van der Waals surface area contributed by atoms with Crippen molar-refractivity contribution >= 4 is 11.6 Å². The van der Waals surface area contributed by atoms with E-state index in [-0.39, 0.29) is 11.3 Å². The van der Waals surface area contributed by atoms with E-state index in [0.29, 0.717) is 11.1 Å². The second kappa shape index (κ2) is 4.84. The summed E-state index contributed by atoms with van der Waals surface area (Å²) in [6, 6.07) is 13.1. The average molecular weight is 240 g/mol. The van der Waals surface area contributed by atoms with Crippen LogP contribution in [0.4, 0.5) is 0 Å². The SMILES string of the molecule is Cc1cccc(C(=O)C(=O)c2ccccc2)c1O. The molecule has 1 N–H and O–H groups in total. The number of carbonyl (C=O) groups excluding carboxylic acids is 2. The Morgan fingerprint density at radius 1 is 0.889 bits per heavy atom. The number of ketones is 2. The van der Waals surface area contributed by atoms with Gasteiger partial charge in [0.15, 0.2) is 0 Å². The monoisotopic (exact) mass is 240 g/mol. The molecular formula is C15H12O3. The Morgan fingerprint density at radius 3 is 2.22 bits per heavy atom. The molecule has 3 heteroatoms. The summed E-state index contributed by atoms with van der Waals surface area (Å²) in [5, 5.41) is 9.79. The van der Waals surface area contributed by atoms with Crippen molar-refractivity contribution < 1.29 is 14.7 Å². The number of phenolic OH excluding ortho intramolecular Hbond substituents is 1. The zero-order chi connectivity index (χ0) is 13.1. The number of rotatable bonds is 3. The molecule has 0 heterocycles. The Morgan fingerprint density at radius 2 is 1.56 bits per heavy atom. The zero-order valence-electron chi connectivity index (χ0n) is 9.88. The van der Waals surface area contributed by atoms with Crippen LogP contribution in [-0.4, -0.2) is 16.7 Å². The molecule has 0 atom stereocenters. The van der Waals surface area contributed by atoms with E-state index in [0.717, 1.165) is 0 Å². The van der Waals surface area contributed by atoms with Gasteiger partial charge in [-0.1, -0.05) is 42.5 Å². The third-order valence-corrected chi connectivity index (χ3v) is 2.72. The number of Topliss-reactive ketones (excluding diaryl/α,β-unsaturated/α-hetero) is 2. The number of carbonyl (C=O) groups is 2. The molecule has 0 fully saturated rings. The van der Waals surface area contributed by atoms with Crippen LogP contribution in [0, 0.1) is 6.92 Å². The number of benzene rings is 2. The van der Waals surface area contributed by atoms with Gasteiger partial charge in [-0.3, -0.25) is 9.59 Å². The minimum absolute atomic E-state index is 0.0452. The van der Waals surface area contributed by atoms with Crippen LogP contribution in [-0.2, 0) is 0 Å². The van der Waals surface area contributed by atoms with Gasteiger partial charge in [0.25, 0.3) is 0 Å². The summed E-state index contributed by atoms with van der Waals surface area (Å²) in [5.74, 6) is -1.44. The standard InChI is InChI=1S/C15H12O3/c1-10-6-5-9-12(13(10)16)15(18)14(17)11-7-3-2-4-8-11/h2-9,16H,1H3. The lowest BCUT2D eigenvalue weighted by Crippen LogP contribution is -2.14. The maximum Gasteiger partial charge on any atom is 0.237 e. The molecule has 0 amide bonds. The van der Waals surface area contributed by atoms with Crippen LogP contribution in [0.2, 0.25) is 0 Å². The van der Waals surface area contributed by atoms with E-state index < -0.39 is 11.6 Å². The Labute approximate surface area is 105 Å². The molecular weight excluding hydrogens is 228 g/mol. The van der Waals surface area contributed by atoms with Crippen LogP contribution >= 0.6 is 0 Å². The minimum atomic E-state index is -0.692. The summed E-state index contributed by atoms with van der Waals surface area (Å²) >= 11 is 0.